The quantitative estimate of drug-likeness (QED) is 0.630. The lowest BCUT2D eigenvalue weighted by Gasteiger charge is -2.10. The standard InChI is InChI=1S/C20H20O5/c1-13-4-5-14(2)16(10-13)20(22)25-12-17(21)15-6-7-18-19(11-15)24-9-3-8-23-18/h4-7,10-11H,3,8-9,12H2,1-2H3. The molecule has 1 heterocycles. The zero-order chi connectivity index (χ0) is 17.8. The third-order valence-corrected chi connectivity index (χ3v) is 4.02. The molecule has 0 aliphatic carbocycles. The summed E-state index contributed by atoms with van der Waals surface area (Å²) in [4.78, 5) is 24.5. The van der Waals surface area contributed by atoms with E-state index in [2.05, 4.69) is 0 Å². The van der Waals surface area contributed by atoms with Crippen LogP contribution in [-0.4, -0.2) is 31.6 Å². The van der Waals surface area contributed by atoms with Crippen LogP contribution in [0.25, 0.3) is 0 Å². The highest BCUT2D eigenvalue weighted by Crippen LogP contribution is 2.30. The Kier molecular flexibility index (Phi) is 5.03. The van der Waals surface area contributed by atoms with Gasteiger partial charge in [-0.1, -0.05) is 17.7 Å². The largest absolute Gasteiger partial charge is 0.490 e. The number of hydrogen-bond acceptors (Lipinski definition) is 5. The number of benzene rings is 2. The molecule has 1 aliphatic heterocycles. The van der Waals surface area contributed by atoms with Gasteiger partial charge in [-0.15, -0.1) is 0 Å². The van der Waals surface area contributed by atoms with Crippen LogP contribution in [0.3, 0.4) is 0 Å². The van der Waals surface area contributed by atoms with Crippen molar-refractivity contribution in [2.75, 3.05) is 19.8 Å². The molecule has 0 saturated heterocycles. The topological polar surface area (TPSA) is 61.8 Å². The van der Waals surface area contributed by atoms with Crippen LogP contribution in [0.15, 0.2) is 36.4 Å². The summed E-state index contributed by atoms with van der Waals surface area (Å²) in [5, 5.41) is 0. The molecular formula is C20H20O5. The van der Waals surface area contributed by atoms with Gasteiger partial charge in [0.05, 0.1) is 18.8 Å². The van der Waals surface area contributed by atoms with Gasteiger partial charge in [-0.2, -0.15) is 0 Å². The molecule has 0 amide bonds. The second-order valence-corrected chi connectivity index (χ2v) is 6.03. The van der Waals surface area contributed by atoms with Crippen molar-refractivity contribution >= 4 is 11.8 Å². The summed E-state index contributed by atoms with van der Waals surface area (Å²) in [6, 6.07) is 10.5. The van der Waals surface area contributed by atoms with E-state index in [1.54, 1.807) is 24.3 Å². The molecule has 0 N–H and O–H groups in total. The third-order valence-electron chi connectivity index (χ3n) is 4.02. The van der Waals surface area contributed by atoms with Gasteiger partial charge in [0.15, 0.2) is 23.9 Å². The molecule has 3 rings (SSSR count). The predicted molar refractivity (Wildman–Crippen MR) is 92.6 cm³/mol. The van der Waals surface area contributed by atoms with E-state index in [0.29, 0.717) is 35.8 Å². The Balaban J connectivity index is 1.67. The van der Waals surface area contributed by atoms with Crippen molar-refractivity contribution in [3.63, 3.8) is 0 Å². The van der Waals surface area contributed by atoms with Crippen LogP contribution in [0, 0.1) is 13.8 Å². The van der Waals surface area contributed by atoms with Crippen molar-refractivity contribution in [2.24, 2.45) is 0 Å². The summed E-state index contributed by atoms with van der Waals surface area (Å²) in [6.45, 7) is 4.56. The van der Waals surface area contributed by atoms with Gasteiger partial charge >= 0.3 is 5.97 Å². The first-order valence-corrected chi connectivity index (χ1v) is 8.22. The predicted octanol–water partition coefficient (Wildman–Crippen LogP) is 3.50. The molecule has 5 heteroatoms. The van der Waals surface area contributed by atoms with Crippen LogP contribution < -0.4 is 9.47 Å². The smallest absolute Gasteiger partial charge is 0.338 e. The van der Waals surface area contributed by atoms with Crippen LogP contribution in [0.4, 0.5) is 0 Å². The molecule has 2 aromatic rings. The molecule has 0 spiro atoms. The van der Waals surface area contributed by atoms with Crippen molar-refractivity contribution in [3.05, 3.63) is 58.7 Å². The van der Waals surface area contributed by atoms with Crippen LogP contribution in [0.5, 0.6) is 11.5 Å². The molecule has 0 unspecified atom stereocenters. The average Bonchev–Trinajstić information content (AvgIpc) is 2.86. The minimum Gasteiger partial charge on any atom is -0.490 e. The number of Topliss-reactive ketones (excluding diaryl/α,β-unsaturated/α-hetero) is 1. The van der Waals surface area contributed by atoms with E-state index in [1.807, 2.05) is 26.0 Å². The molecule has 2 aromatic carbocycles. The maximum absolute atomic E-state index is 12.3. The molecule has 0 radical (unpaired) electrons. The Hall–Kier alpha value is -2.82. The minimum absolute atomic E-state index is 0.283. The summed E-state index contributed by atoms with van der Waals surface area (Å²) < 4.78 is 16.3. The number of esters is 1. The Morgan fingerprint density at radius 3 is 2.56 bits per heavy atom. The van der Waals surface area contributed by atoms with Gasteiger partial charge < -0.3 is 14.2 Å². The fraction of sp³-hybridized carbons (Fsp3) is 0.300. The number of rotatable bonds is 4. The first kappa shape index (κ1) is 17.0. The molecular weight excluding hydrogens is 320 g/mol. The summed E-state index contributed by atoms with van der Waals surface area (Å²) >= 11 is 0. The van der Waals surface area contributed by atoms with Gasteiger partial charge in [0.2, 0.25) is 0 Å². The normalized spacial score (nSPS) is 13.0. The molecule has 0 bridgehead atoms. The van der Waals surface area contributed by atoms with E-state index in [0.717, 1.165) is 17.5 Å². The lowest BCUT2D eigenvalue weighted by molar-refractivity contribution is 0.0474. The summed E-state index contributed by atoms with van der Waals surface area (Å²) in [5.74, 6) is 0.392. The van der Waals surface area contributed by atoms with Crippen LogP contribution in [-0.2, 0) is 4.74 Å². The Bertz CT molecular complexity index is 810. The van der Waals surface area contributed by atoms with Crippen molar-refractivity contribution in [1.82, 2.24) is 0 Å². The first-order chi connectivity index (χ1) is 12.0. The minimum atomic E-state index is -0.496. The highest BCUT2D eigenvalue weighted by atomic mass is 16.5. The summed E-state index contributed by atoms with van der Waals surface area (Å²) in [5.41, 5.74) is 2.69. The highest BCUT2D eigenvalue weighted by molar-refractivity contribution is 6.00. The Labute approximate surface area is 146 Å². The van der Waals surface area contributed by atoms with E-state index in [9.17, 15) is 9.59 Å². The lowest BCUT2D eigenvalue weighted by atomic mass is 10.1. The van der Waals surface area contributed by atoms with E-state index >= 15 is 0 Å². The van der Waals surface area contributed by atoms with Crippen LogP contribution >= 0.6 is 0 Å². The van der Waals surface area contributed by atoms with Crippen LogP contribution in [0.2, 0.25) is 0 Å². The molecule has 0 atom stereocenters. The maximum atomic E-state index is 12.3. The highest BCUT2D eigenvalue weighted by Gasteiger charge is 2.17. The zero-order valence-corrected chi connectivity index (χ0v) is 14.3. The Morgan fingerprint density at radius 1 is 1.00 bits per heavy atom. The molecule has 5 nitrogen and oxygen atoms in total. The summed E-state index contributed by atoms with van der Waals surface area (Å²) in [7, 11) is 0. The molecule has 25 heavy (non-hydrogen) atoms. The lowest BCUT2D eigenvalue weighted by Crippen LogP contribution is -2.15. The fourth-order valence-electron chi connectivity index (χ4n) is 2.58. The monoisotopic (exact) mass is 340 g/mol. The van der Waals surface area contributed by atoms with E-state index in [4.69, 9.17) is 14.2 Å². The molecule has 1 aliphatic rings. The van der Waals surface area contributed by atoms with Gasteiger partial charge in [-0.25, -0.2) is 4.79 Å². The van der Waals surface area contributed by atoms with Crippen LogP contribution in [0.1, 0.15) is 38.3 Å². The van der Waals surface area contributed by atoms with Gasteiger partial charge in [-0.05, 0) is 43.7 Å². The number of fused-ring (bicyclic) bond motifs is 1. The second-order valence-electron chi connectivity index (χ2n) is 6.03. The number of aryl methyl sites for hydroxylation is 2. The van der Waals surface area contributed by atoms with E-state index < -0.39 is 5.97 Å². The van der Waals surface area contributed by atoms with Gasteiger partial charge in [-0.3, -0.25) is 4.79 Å². The fourth-order valence-corrected chi connectivity index (χ4v) is 2.58. The zero-order valence-electron chi connectivity index (χ0n) is 14.3. The molecule has 0 aromatic heterocycles. The molecule has 0 fully saturated rings. The van der Waals surface area contributed by atoms with Crippen molar-refractivity contribution in [1.29, 1.82) is 0 Å². The third kappa shape index (κ3) is 3.99. The first-order valence-electron chi connectivity index (χ1n) is 8.22. The van der Waals surface area contributed by atoms with Crippen molar-refractivity contribution < 1.29 is 23.8 Å². The number of carbonyl (C=O) groups is 2. The molecule has 130 valence electrons. The molecule has 0 saturated carbocycles. The Morgan fingerprint density at radius 2 is 1.76 bits per heavy atom. The summed E-state index contributed by atoms with van der Waals surface area (Å²) in [6.07, 6.45) is 0.797. The van der Waals surface area contributed by atoms with E-state index in [-0.39, 0.29) is 12.4 Å². The SMILES string of the molecule is Cc1ccc(C)c(C(=O)OCC(=O)c2ccc3c(c2)OCCCO3)c1. The number of ether oxygens (including phenoxy) is 3. The van der Waals surface area contributed by atoms with Gasteiger partial charge in [0.25, 0.3) is 0 Å². The van der Waals surface area contributed by atoms with Crippen molar-refractivity contribution in [3.8, 4) is 11.5 Å². The second kappa shape index (κ2) is 7.38. The van der Waals surface area contributed by atoms with Gasteiger partial charge in [0.1, 0.15) is 0 Å². The van der Waals surface area contributed by atoms with Gasteiger partial charge in [0, 0.05) is 12.0 Å². The number of ketones is 1. The average molecular weight is 340 g/mol. The van der Waals surface area contributed by atoms with Crippen molar-refractivity contribution in [2.45, 2.75) is 20.3 Å². The van der Waals surface area contributed by atoms with E-state index in [1.165, 1.54) is 0 Å². The number of carbonyl (C=O) groups excluding carboxylic acids is 2. The number of hydrogen-bond donors (Lipinski definition) is 0. The maximum Gasteiger partial charge on any atom is 0.338 e.